The smallest absolute Gasteiger partial charge is 0.291 e. The summed E-state index contributed by atoms with van der Waals surface area (Å²) in [6.45, 7) is 5.53. The number of aromatic nitrogens is 4. The van der Waals surface area contributed by atoms with Gasteiger partial charge in [0.15, 0.2) is 11.6 Å². The van der Waals surface area contributed by atoms with E-state index in [0.717, 1.165) is 59.8 Å². The molecule has 4 aromatic rings. The van der Waals surface area contributed by atoms with Crippen LogP contribution in [0.4, 0.5) is 11.4 Å². The fourth-order valence-electron chi connectivity index (χ4n) is 6.40. The molecule has 12 heteroatoms. The number of hydrogen-bond donors (Lipinski definition) is 3. The predicted molar refractivity (Wildman–Crippen MR) is 170 cm³/mol. The van der Waals surface area contributed by atoms with E-state index in [1.165, 1.54) is 0 Å². The summed E-state index contributed by atoms with van der Waals surface area (Å²) in [6.07, 6.45) is 1.57. The summed E-state index contributed by atoms with van der Waals surface area (Å²) < 4.78 is 3.68. The molecule has 0 radical (unpaired) electrons. The monoisotopic (exact) mass is 607 g/mol. The minimum atomic E-state index is -0.377. The SMILES string of the molecule is Cc1c(NC(=O)c2nc3c(n2C)CCN(CCO)C3)cccc1-c1cccc(NC(=O)c2nc3c(n2C)CCN(C)C3)c1C#N. The molecule has 3 N–H and O–H groups in total. The van der Waals surface area contributed by atoms with Crippen molar-refractivity contribution in [3.63, 3.8) is 0 Å². The molecule has 0 spiro atoms. The molecule has 45 heavy (non-hydrogen) atoms. The number of imidazole rings is 2. The summed E-state index contributed by atoms with van der Waals surface area (Å²) in [7, 11) is 5.73. The van der Waals surface area contributed by atoms with Crippen LogP contribution in [-0.2, 0) is 40.0 Å². The molecule has 0 unspecified atom stereocenters. The summed E-state index contributed by atoms with van der Waals surface area (Å²) in [5.41, 5.74) is 7.31. The van der Waals surface area contributed by atoms with Crippen molar-refractivity contribution in [1.82, 2.24) is 28.9 Å². The van der Waals surface area contributed by atoms with E-state index in [4.69, 9.17) is 0 Å². The molecular weight excluding hydrogens is 570 g/mol. The first-order chi connectivity index (χ1) is 21.7. The van der Waals surface area contributed by atoms with Crippen LogP contribution in [0.15, 0.2) is 36.4 Å². The first-order valence-electron chi connectivity index (χ1n) is 15.1. The lowest BCUT2D eigenvalue weighted by Crippen LogP contribution is -2.33. The number of hydrogen-bond acceptors (Lipinski definition) is 8. The molecular formula is C33H37N9O3. The highest BCUT2D eigenvalue weighted by Gasteiger charge is 2.27. The lowest BCUT2D eigenvalue weighted by molar-refractivity contribution is 0.100. The van der Waals surface area contributed by atoms with Crippen molar-refractivity contribution in [2.24, 2.45) is 14.1 Å². The molecule has 232 valence electrons. The van der Waals surface area contributed by atoms with E-state index in [1.54, 1.807) is 12.1 Å². The third-order valence-electron chi connectivity index (χ3n) is 8.90. The van der Waals surface area contributed by atoms with Crippen LogP contribution < -0.4 is 10.6 Å². The van der Waals surface area contributed by atoms with E-state index < -0.39 is 0 Å². The summed E-state index contributed by atoms with van der Waals surface area (Å²) in [5.74, 6) is -0.0761. The van der Waals surface area contributed by atoms with Crippen molar-refractivity contribution in [1.29, 1.82) is 5.26 Å². The number of benzene rings is 2. The predicted octanol–water partition coefficient (Wildman–Crippen LogP) is 2.84. The summed E-state index contributed by atoms with van der Waals surface area (Å²) in [4.78, 5) is 40.4. The van der Waals surface area contributed by atoms with Crippen LogP contribution in [0.3, 0.4) is 0 Å². The summed E-state index contributed by atoms with van der Waals surface area (Å²) in [6, 6.07) is 13.2. The molecule has 0 fully saturated rings. The Hall–Kier alpha value is -4.83. The number of aliphatic hydroxyl groups excluding tert-OH is 1. The number of carbonyl (C=O) groups excluding carboxylic acids is 2. The Balaban J connectivity index is 1.25. The van der Waals surface area contributed by atoms with Crippen LogP contribution in [0.5, 0.6) is 0 Å². The van der Waals surface area contributed by atoms with Crippen LogP contribution in [0.1, 0.15) is 55.1 Å². The normalized spacial score (nSPS) is 14.8. The van der Waals surface area contributed by atoms with E-state index >= 15 is 0 Å². The van der Waals surface area contributed by atoms with Gasteiger partial charge in [-0.15, -0.1) is 0 Å². The number of nitriles is 1. The van der Waals surface area contributed by atoms with E-state index in [9.17, 15) is 20.0 Å². The molecule has 2 aromatic heterocycles. The number of nitrogens with one attached hydrogen (secondary N) is 2. The maximum absolute atomic E-state index is 13.5. The fraction of sp³-hybridized carbons (Fsp3) is 0.364. The molecule has 0 atom stereocenters. The second-order valence-corrected chi connectivity index (χ2v) is 11.7. The second kappa shape index (κ2) is 12.3. The van der Waals surface area contributed by atoms with Crippen molar-refractivity contribution < 1.29 is 14.7 Å². The Labute approximate surface area is 261 Å². The number of likely N-dealkylation sites (N-methyl/N-ethyl adjacent to an activating group) is 1. The highest BCUT2D eigenvalue weighted by Crippen LogP contribution is 2.34. The van der Waals surface area contributed by atoms with Crippen molar-refractivity contribution in [2.75, 3.05) is 43.9 Å². The number of β-amino-alcohol motifs (C(OH)–C–C–N with tert-alkyl or cyclic N) is 1. The Bertz CT molecular complexity index is 1850. The van der Waals surface area contributed by atoms with Gasteiger partial charge in [-0.25, -0.2) is 9.97 Å². The first kappa shape index (κ1) is 30.2. The zero-order valence-corrected chi connectivity index (χ0v) is 26.0. The van der Waals surface area contributed by atoms with Crippen molar-refractivity contribution in [2.45, 2.75) is 32.9 Å². The third-order valence-corrected chi connectivity index (χ3v) is 8.90. The lowest BCUT2D eigenvalue weighted by atomic mass is 9.94. The van der Waals surface area contributed by atoms with Gasteiger partial charge in [-0.1, -0.05) is 24.3 Å². The zero-order valence-electron chi connectivity index (χ0n) is 26.0. The Morgan fingerprint density at radius 3 is 2.09 bits per heavy atom. The third kappa shape index (κ3) is 5.62. The zero-order chi connectivity index (χ0) is 31.8. The highest BCUT2D eigenvalue weighted by atomic mass is 16.3. The molecule has 0 saturated carbocycles. The largest absolute Gasteiger partial charge is 0.395 e. The maximum atomic E-state index is 13.5. The van der Waals surface area contributed by atoms with Crippen LogP contribution in [0.25, 0.3) is 11.1 Å². The molecule has 0 aliphatic carbocycles. The molecule has 2 aliphatic heterocycles. The number of anilines is 2. The van der Waals surface area contributed by atoms with Gasteiger partial charge in [0.1, 0.15) is 6.07 Å². The molecule has 2 aromatic carbocycles. The van der Waals surface area contributed by atoms with E-state index in [1.807, 2.05) is 61.5 Å². The maximum Gasteiger partial charge on any atom is 0.291 e. The number of fused-ring (bicyclic) bond motifs is 2. The van der Waals surface area contributed by atoms with Gasteiger partial charge in [0.25, 0.3) is 11.8 Å². The quantitative estimate of drug-likeness (QED) is 0.291. The number of carbonyl (C=O) groups is 2. The first-order valence-corrected chi connectivity index (χ1v) is 15.1. The van der Waals surface area contributed by atoms with Gasteiger partial charge in [-0.05, 0) is 37.2 Å². The van der Waals surface area contributed by atoms with Crippen molar-refractivity contribution in [3.05, 3.63) is 81.9 Å². The van der Waals surface area contributed by atoms with Crippen LogP contribution in [0, 0.1) is 18.3 Å². The van der Waals surface area contributed by atoms with E-state index in [0.29, 0.717) is 53.8 Å². The van der Waals surface area contributed by atoms with Crippen molar-refractivity contribution in [3.8, 4) is 17.2 Å². The minimum absolute atomic E-state index is 0.0811. The highest BCUT2D eigenvalue weighted by molar-refractivity contribution is 6.04. The molecule has 0 bridgehead atoms. The average molecular weight is 608 g/mol. The Kier molecular flexibility index (Phi) is 8.24. The van der Waals surface area contributed by atoms with Crippen LogP contribution in [-0.4, -0.2) is 79.1 Å². The van der Waals surface area contributed by atoms with Gasteiger partial charge in [0.05, 0.1) is 29.2 Å². The van der Waals surface area contributed by atoms with Crippen molar-refractivity contribution >= 4 is 23.2 Å². The average Bonchev–Trinajstić information content (AvgIpc) is 3.53. The van der Waals surface area contributed by atoms with Gasteiger partial charge in [0.2, 0.25) is 0 Å². The van der Waals surface area contributed by atoms with E-state index in [2.05, 4.69) is 36.5 Å². The number of rotatable bonds is 7. The summed E-state index contributed by atoms with van der Waals surface area (Å²) in [5, 5.41) is 25.5. The Morgan fingerprint density at radius 1 is 0.867 bits per heavy atom. The van der Waals surface area contributed by atoms with Gasteiger partial charge in [-0.3, -0.25) is 14.5 Å². The van der Waals surface area contributed by atoms with Crippen LogP contribution in [0.2, 0.25) is 0 Å². The molecule has 0 saturated heterocycles. The number of nitrogens with zero attached hydrogens (tertiary/aromatic N) is 7. The molecule has 2 amide bonds. The van der Waals surface area contributed by atoms with Gasteiger partial charge < -0.3 is 29.8 Å². The minimum Gasteiger partial charge on any atom is -0.395 e. The van der Waals surface area contributed by atoms with Gasteiger partial charge in [-0.2, -0.15) is 5.26 Å². The fourth-order valence-corrected chi connectivity index (χ4v) is 6.40. The number of amides is 2. The van der Waals surface area contributed by atoms with E-state index in [-0.39, 0.29) is 18.4 Å². The van der Waals surface area contributed by atoms with Crippen LogP contribution >= 0.6 is 0 Å². The Morgan fingerprint density at radius 2 is 1.44 bits per heavy atom. The van der Waals surface area contributed by atoms with Gasteiger partial charge >= 0.3 is 0 Å². The molecule has 12 nitrogen and oxygen atoms in total. The molecule has 2 aliphatic rings. The molecule has 6 rings (SSSR count). The van der Waals surface area contributed by atoms with Gasteiger partial charge in [0, 0.05) is 82.3 Å². The summed E-state index contributed by atoms with van der Waals surface area (Å²) >= 11 is 0. The second-order valence-electron chi connectivity index (χ2n) is 11.7. The standard InChI is InChI=1S/C33H37N9O3/c1-20-21(7-5-9-24(20)37-32(44)30-36-27-19-42(15-16-43)14-12-29(27)41(30)4)22-8-6-10-25(23(22)17-34)38-33(45)31-35-26-18-39(2)13-11-28(26)40(31)3/h5-10,43H,11-16,18-19H2,1-4H3,(H,37,44)(H,38,45). The number of aliphatic hydroxyl groups is 1. The molecule has 4 heterocycles. The lowest BCUT2D eigenvalue weighted by Gasteiger charge is -2.25. The topological polar surface area (TPSA) is 144 Å².